The first-order chi connectivity index (χ1) is 56.8. The van der Waals surface area contributed by atoms with Gasteiger partial charge in [-0.05, 0) is 131 Å². The van der Waals surface area contributed by atoms with E-state index in [1.54, 1.807) is 121 Å². The first-order valence-corrected chi connectivity index (χ1v) is 43.2. The predicted octanol–water partition coefficient (Wildman–Crippen LogP) is 12.9. The summed E-state index contributed by atoms with van der Waals surface area (Å²) in [6, 6.07) is 23.2. The molecule has 626 valence electrons. The molecule has 6 aliphatic rings. The number of carbonyl (C=O) groups excluding carboxylic acids is 5. The molecule has 37 heteroatoms. The summed E-state index contributed by atoms with van der Waals surface area (Å²) in [4.78, 5) is 114. The molecule has 118 heavy (non-hydrogen) atoms. The number of benzene rings is 3. The molecule has 0 saturated carbocycles. The molecule has 0 spiro atoms. The van der Waals surface area contributed by atoms with Crippen LogP contribution in [-0.2, 0) is 47.9 Å². The third-order valence-corrected chi connectivity index (χ3v) is 25.9. The number of anilines is 3. The van der Waals surface area contributed by atoms with Gasteiger partial charge in [0.1, 0.15) is 35.2 Å². The van der Waals surface area contributed by atoms with Crippen LogP contribution < -0.4 is 32.3 Å². The van der Waals surface area contributed by atoms with E-state index < -0.39 is 36.2 Å². The Labute approximate surface area is 723 Å². The number of aliphatic carboxylic acids is 1. The minimum absolute atomic E-state index is 0.0552. The molecule has 0 aliphatic carbocycles. The molecule has 5 amide bonds. The number of amides is 5. The van der Waals surface area contributed by atoms with Crippen molar-refractivity contribution in [1.29, 1.82) is 0 Å². The van der Waals surface area contributed by atoms with Crippen LogP contribution in [0.2, 0.25) is 30.1 Å². The van der Waals surface area contributed by atoms with E-state index >= 15 is 0 Å². The van der Waals surface area contributed by atoms with Crippen molar-refractivity contribution in [3.05, 3.63) is 188 Å². The van der Waals surface area contributed by atoms with E-state index in [-0.39, 0.29) is 73.5 Å². The first-order valence-electron chi connectivity index (χ1n) is 38.5. The van der Waals surface area contributed by atoms with E-state index in [0.29, 0.717) is 171 Å². The van der Waals surface area contributed by atoms with Crippen LogP contribution in [0.3, 0.4) is 0 Å². The summed E-state index contributed by atoms with van der Waals surface area (Å²) < 4.78 is 16.2. The highest BCUT2D eigenvalue weighted by Crippen LogP contribution is 2.42. The number of thiophene rings is 3. The molecule has 3 aromatic carbocycles. The molecule has 1 unspecified atom stereocenters. The lowest BCUT2D eigenvalue weighted by molar-refractivity contribution is -0.141. The van der Waals surface area contributed by atoms with Crippen molar-refractivity contribution >= 4 is 157 Å². The average molecular weight is 1790 g/mol. The van der Waals surface area contributed by atoms with Crippen molar-refractivity contribution in [1.82, 2.24) is 55.2 Å². The van der Waals surface area contributed by atoms with Crippen LogP contribution in [0, 0.1) is 0 Å². The van der Waals surface area contributed by atoms with E-state index in [1.807, 2.05) is 12.1 Å². The highest BCUT2D eigenvalue weighted by atomic mass is 35.5. The molecule has 6 atom stereocenters. The number of nitrogens with zero attached hydrogens (tertiary/aromatic N) is 9. The number of hydrogen-bond acceptors (Lipinski definition) is 25. The Morgan fingerprint density at radius 3 is 1.07 bits per heavy atom. The first kappa shape index (κ1) is 89.0. The molecule has 12 heterocycles. The maximum atomic E-state index is 13.5. The number of aliphatic hydroxyl groups excluding tert-OH is 3. The summed E-state index contributed by atoms with van der Waals surface area (Å²) in [5.41, 5.74) is 11.1. The van der Waals surface area contributed by atoms with Crippen LogP contribution in [0.15, 0.2) is 110 Å². The van der Waals surface area contributed by atoms with E-state index in [0.717, 1.165) is 73.4 Å². The van der Waals surface area contributed by atoms with Gasteiger partial charge in [-0.1, -0.05) is 106 Å². The van der Waals surface area contributed by atoms with Crippen LogP contribution in [0.25, 0.3) is 31.7 Å². The number of hydrogen-bond donors (Lipinski definition) is 10. The van der Waals surface area contributed by atoms with Gasteiger partial charge in [-0.25, -0.2) is 34.7 Å². The zero-order chi connectivity index (χ0) is 83.8. The van der Waals surface area contributed by atoms with Crippen molar-refractivity contribution < 1.29 is 63.4 Å². The number of carboxylic acids is 1. The van der Waals surface area contributed by atoms with Gasteiger partial charge in [0.05, 0.1) is 103 Å². The third-order valence-electron chi connectivity index (χ3n) is 20.7. The average Bonchev–Trinajstić information content (AvgIpc) is 1.67. The molecule has 6 aromatic heterocycles. The lowest BCUT2D eigenvalue weighted by atomic mass is 10.0. The highest BCUT2D eigenvalue weighted by molar-refractivity contribution is 7.16. The predicted molar refractivity (Wildman–Crippen MR) is 458 cm³/mol. The lowest BCUT2D eigenvalue weighted by Crippen LogP contribution is -2.51. The quantitative estimate of drug-likeness (QED) is 0.0284. The number of halogens is 6. The maximum Gasteiger partial charge on any atom is 0.326 e. The topological polar surface area (TPSA) is 384 Å². The monoisotopic (exact) mass is 1790 g/mol. The van der Waals surface area contributed by atoms with E-state index in [9.17, 15) is 44.1 Å². The molecule has 0 bridgehead atoms. The van der Waals surface area contributed by atoms with Gasteiger partial charge in [0.15, 0.2) is 0 Å². The third kappa shape index (κ3) is 22.4. The molecule has 0 radical (unpaired) electrons. The van der Waals surface area contributed by atoms with Gasteiger partial charge in [0, 0.05) is 126 Å². The van der Waals surface area contributed by atoms with Crippen LogP contribution in [0.4, 0.5) is 17.8 Å². The maximum absolute atomic E-state index is 13.5. The Balaban J connectivity index is 0.000000154. The normalized spacial score (nSPS) is 17.3. The molecule has 3 saturated heterocycles. The van der Waals surface area contributed by atoms with Crippen molar-refractivity contribution in [2.24, 2.45) is 5.73 Å². The zero-order valence-electron chi connectivity index (χ0n) is 64.5. The van der Waals surface area contributed by atoms with Crippen LogP contribution in [-0.4, -0.2) is 216 Å². The minimum atomic E-state index is -1.01. The van der Waals surface area contributed by atoms with Crippen LogP contribution >= 0.6 is 104 Å². The fraction of sp³-hybridized carbons (Fsp3) is 0.407. The van der Waals surface area contributed by atoms with E-state index in [2.05, 4.69) is 56.5 Å². The number of carboxylic acid groups (broad SMARTS) is 1. The van der Waals surface area contributed by atoms with Crippen molar-refractivity contribution in [3.63, 3.8) is 0 Å². The molecular weight excluding hydrogens is 1700 g/mol. The number of nitrogens with two attached hydrogens (primary N) is 1. The standard InChI is InChI=1S/2C27H29Cl2N5O4S.C19H21ClN4O4S.C8H10ClNO/c2*1-15(25(36)32-21(14-35)16-3-2-4-17(28)11-16)34-8-5-22-19(26(34)37)12-23(39-22)24-20(29)13-30-27(33-24)31-18-6-9-38-10-7-18;1-10(18(26)27)24-5-2-14-12(17(24)25)8-15(29-14)16-13(20)9-21-19(23-16)22-11-3-6-28-7-4-11;9-7-3-1-2-6(4-7)8(10)5-11/h2*2-4,11-13,15,18,21,35H,5-10,14H2,1H3,(H,32,36)(H,30,31,33);8-11H,2-7H2,1H3,(H,26,27)(H,21,22,23);1-4,8,11H,5,10H2/t15-,21+;15-,21-;;8-/m01.1/s1. The molecular formula is C81H89Cl6N15O13S3. The SMILES string of the molecule is CC(C(=O)O)N1CCc2sc(-c3nc(NC4CCOCC4)ncc3Cl)cc2C1=O.C[C@@H](C(=O)N[C@H](CO)c1cccc(Cl)c1)N1CCc2sc(-c3nc(NC4CCOCC4)ncc3Cl)cc2C1=O.C[C@H](C(=O)N[C@H](CO)c1cccc(Cl)c1)N1CCc2sc(-c3nc(NC4CCOCC4)ncc3Cl)cc2C1=O.N[C@H](CO)c1cccc(Cl)c1. The van der Waals surface area contributed by atoms with Crippen LogP contribution in [0.1, 0.15) is 140 Å². The van der Waals surface area contributed by atoms with Gasteiger partial charge < -0.3 is 81.7 Å². The number of ether oxygens (including phenoxy) is 3. The number of carbonyl (C=O) groups is 6. The molecule has 15 rings (SSSR count). The number of aromatic nitrogens is 6. The summed E-state index contributed by atoms with van der Waals surface area (Å²) in [6.07, 6.45) is 11.8. The number of nitrogens with one attached hydrogen (secondary N) is 5. The van der Waals surface area contributed by atoms with Crippen molar-refractivity contribution in [2.75, 3.05) is 95.0 Å². The summed E-state index contributed by atoms with van der Waals surface area (Å²) >= 11 is 41.6. The highest BCUT2D eigenvalue weighted by Gasteiger charge is 2.38. The van der Waals surface area contributed by atoms with Gasteiger partial charge >= 0.3 is 5.97 Å². The Bertz CT molecular complexity index is 4850. The van der Waals surface area contributed by atoms with Crippen molar-refractivity contribution in [3.8, 4) is 31.7 Å². The molecule has 3 fully saturated rings. The van der Waals surface area contributed by atoms with E-state index in [4.69, 9.17) is 94.7 Å². The fourth-order valence-corrected chi connectivity index (χ4v) is 18.7. The van der Waals surface area contributed by atoms with Crippen LogP contribution in [0.5, 0.6) is 0 Å². The molecule has 11 N–H and O–H groups in total. The second kappa shape index (κ2) is 41.8. The summed E-state index contributed by atoms with van der Waals surface area (Å²) in [5, 5.41) is 56.3. The Morgan fingerprint density at radius 2 is 0.771 bits per heavy atom. The lowest BCUT2D eigenvalue weighted by Gasteiger charge is -2.32. The summed E-state index contributed by atoms with van der Waals surface area (Å²) in [5.74, 6) is -0.976. The molecule has 9 aromatic rings. The Kier molecular flexibility index (Phi) is 31.5. The summed E-state index contributed by atoms with van der Waals surface area (Å²) in [6.45, 7) is 9.65. The number of aliphatic hydroxyl groups is 3. The smallest absolute Gasteiger partial charge is 0.326 e. The Morgan fingerprint density at radius 1 is 0.466 bits per heavy atom. The number of rotatable bonds is 23. The molecule has 28 nitrogen and oxygen atoms in total. The van der Waals surface area contributed by atoms with Gasteiger partial charge in [-0.15, -0.1) is 34.0 Å². The van der Waals surface area contributed by atoms with Gasteiger partial charge in [-0.3, -0.25) is 24.0 Å². The minimum Gasteiger partial charge on any atom is -0.480 e. The Hall–Kier alpha value is -8.32. The van der Waals surface area contributed by atoms with E-state index in [1.165, 1.54) is 45.8 Å². The second-order valence-electron chi connectivity index (χ2n) is 28.7. The van der Waals surface area contributed by atoms with Crippen molar-refractivity contribution in [2.45, 2.75) is 133 Å². The largest absolute Gasteiger partial charge is 0.480 e. The van der Waals surface area contributed by atoms with Gasteiger partial charge in [0.2, 0.25) is 29.7 Å². The second-order valence-corrected chi connectivity index (χ2v) is 34.6. The number of fused-ring (bicyclic) bond motifs is 3. The zero-order valence-corrected chi connectivity index (χ0v) is 71.5. The fourth-order valence-electron chi connectivity index (χ4n) is 13.9. The van der Waals surface area contributed by atoms with Gasteiger partial charge in [-0.2, -0.15) is 0 Å². The molecule has 6 aliphatic heterocycles. The summed E-state index contributed by atoms with van der Waals surface area (Å²) in [7, 11) is 0. The van der Waals surface area contributed by atoms with Gasteiger partial charge in [0.25, 0.3) is 17.7 Å².